The van der Waals surface area contributed by atoms with E-state index in [1.54, 1.807) is 6.07 Å². The van der Waals surface area contributed by atoms with Gasteiger partial charge in [-0.2, -0.15) is 0 Å². The van der Waals surface area contributed by atoms with Crippen LogP contribution in [0.5, 0.6) is 0 Å². The number of rotatable bonds is 3. The van der Waals surface area contributed by atoms with Gasteiger partial charge >= 0.3 is 0 Å². The van der Waals surface area contributed by atoms with E-state index in [2.05, 4.69) is 37.0 Å². The molecule has 5 heteroatoms. The summed E-state index contributed by atoms with van der Waals surface area (Å²) in [7, 11) is 0. The number of halogens is 2. The van der Waals surface area contributed by atoms with Gasteiger partial charge in [-0.05, 0) is 43.2 Å². The van der Waals surface area contributed by atoms with Gasteiger partial charge in [0.25, 0.3) is 0 Å². The van der Waals surface area contributed by atoms with Crippen LogP contribution in [-0.2, 0) is 5.75 Å². The molecule has 110 valence electrons. The predicted molar refractivity (Wildman–Crippen MR) is 89.9 cm³/mol. The summed E-state index contributed by atoms with van der Waals surface area (Å²) >= 11 is 7.16. The molecule has 0 aliphatic carbocycles. The van der Waals surface area contributed by atoms with Crippen LogP contribution in [0.3, 0.4) is 0 Å². The molecule has 0 spiro atoms. The van der Waals surface area contributed by atoms with E-state index in [0.29, 0.717) is 10.9 Å². The van der Waals surface area contributed by atoms with Crippen molar-refractivity contribution in [2.75, 3.05) is 0 Å². The largest absolute Gasteiger partial charge is 0.378 e. The Bertz CT molecular complexity index is 686. The molecule has 0 bridgehead atoms. The molecule has 0 radical (unpaired) electrons. The molecule has 2 rings (SSSR count). The minimum atomic E-state index is -0.461. The lowest BCUT2D eigenvalue weighted by Crippen LogP contribution is -2.06. The van der Waals surface area contributed by atoms with E-state index in [0.717, 1.165) is 5.75 Å². The summed E-state index contributed by atoms with van der Waals surface area (Å²) in [6, 6.07) is 10.6. The average Bonchev–Trinajstić information content (AvgIpc) is 2.44. The lowest BCUT2D eigenvalue weighted by Gasteiger charge is -2.07. The van der Waals surface area contributed by atoms with Crippen LogP contribution in [0.4, 0.5) is 10.1 Å². The fourth-order valence-corrected chi connectivity index (χ4v) is 2.78. The lowest BCUT2D eigenvalue weighted by atomic mass is 10.1. The van der Waals surface area contributed by atoms with Gasteiger partial charge in [0.2, 0.25) is 0 Å². The maximum Gasteiger partial charge on any atom is 0.159 e. The van der Waals surface area contributed by atoms with Crippen LogP contribution >= 0.6 is 23.4 Å². The van der Waals surface area contributed by atoms with Crippen molar-refractivity contribution in [1.29, 1.82) is 0 Å². The highest BCUT2D eigenvalue weighted by molar-refractivity contribution is 8.13. The molecule has 2 N–H and O–H groups in total. The highest BCUT2D eigenvalue weighted by atomic mass is 35.5. The molecule has 0 amide bonds. The molecule has 2 aromatic rings. The van der Waals surface area contributed by atoms with Crippen LogP contribution in [0.1, 0.15) is 16.7 Å². The van der Waals surface area contributed by atoms with Crippen molar-refractivity contribution in [3.8, 4) is 0 Å². The highest BCUT2D eigenvalue weighted by Gasteiger charge is 2.03. The van der Waals surface area contributed by atoms with Gasteiger partial charge in [0.05, 0.1) is 10.7 Å². The summed E-state index contributed by atoms with van der Waals surface area (Å²) in [5.74, 6) is 0.287. The Hall–Kier alpha value is -1.52. The van der Waals surface area contributed by atoms with Crippen molar-refractivity contribution in [3.05, 3.63) is 63.9 Å². The van der Waals surface area contributed by atoms with E-state index >= 15 is 0 Å². The fraction of sp³-hybridized carbons (Fsp3) is 0.188. The standard InChI is InChI=1S/C16H16ClFN2S/c1-10-3-4-11(2)12(7-10)9-21-16(19)20-13-5-6-15(18)14(17)8-13/h3-8H,9H2,1-2H3,(H2,19,20). The van der Waals surface area contributed by atoms with Gasteiger partial charge < -0.3 is 5.73 Å². The van der Waals surface area contributed by atoms with Gasteiger partial charge in [-0.15, -0.1) is 0 Å². The normalized spacial score (nSPS) is 11.7. The monoisotopic (exact) mass is 322 g/mol. The predicted octanol–water partition coefficient (Wildman–Crippen LogP) is 4.98. The Morgan fingerprint density at radius 3 is 2.71 bits per heavy atom. The van der Waals surface area contributed by atoms with Crippen LogP contribution in [0, 0.1) is 19.7 Å². The summed E-state index contributed by atoms with van der Waals surface area (Å²) in [4.78, 5) is 4.23. The quantitative estimate of drug-likeness (QED) is 0.639. The average molecular weight is 323 g/mol. The highest BCUT2D eigenvalue weighted by Crippen LogP contribution is 2.23. The van der Waals surface area contributed by atoms with E-state index in [1.807, 2.05) is 0 Å². The number of nitrogens with zero attached hydrogens (tertiary/aromatic N) is 1. The van der Waals surface area contributed by atoms with Crippen molar-refractivity contribution in [2.45, 2.75) is 19.6 Å². The first-order chi connectivity index (χ1) is 9.95. The summed E-state index contributed by atoms with van der Waals surface area (Å²) in [6.45, 7) is 4.13. The first-order valence-electron chi connectivity index (χ1n) is 6.44. The Labute approximate surface area is 133 Å². The number of amidine groups is 1. The summed E-state index contributed by atoms with van der Waals surface area (Å²) in [6.07, 6.45) is 0. The molecule has 0 aromatic heterocycles. The number of hydrogen-bond donors (Lipinski definition) is 1. The second-order valence-electron chi connectivity index (χ2n) is 4.77. The first-order valence-corrected chi connectivity index (χ1v) is 7.80. The van der Waals surface area contributed by atoms with Crippen molar-refractivity contribution in [2.24, 2.45) is 10.7 Å². The number of benzene rings is 2. The topological polar surface area (TPSA) is 38.4 Å². The summed E-state index contributed by atoms with van der Waals surface area (Å²) in [5.41, 5.74) is 10.1. The van der Waals surface area contributed by atoms with Crippen LogP contribution in [0.15, 0.2) is 41.4 Å². The zero-order valence-electron chi connectivity index (χ0n) is 11.9. The molecule has 0 atom stereocenters. The van der Waals surface area contributed by atoms with Crippen molar-refractivity contribution in [3.63, 3.8) is 0 Å². The SMILES string of the molecule is Cc1ccc(C)c(CSC(N)=Nc2ccc(F)c(Cl)c2)c1. The summed E-state index contributed by atoms with van der Waals surface area (Å²) < 4.78 is 13.1. The molecule has 0 aliphatic rings. The second kappa shape index (κ2) is 6.96. The third-order valence-corrected chi connectivity index (χ3v) is 4.15. The fourth-order valence-electron chi connectivity index (χ4n) is 1.82. The molecular weight excluding hydrogens is 307 g/mol. The van der Waals surface area contributed by atoms with Crippen LogP contribution in [-0.4, -0.2) is 5.17 Å². The number of thioether (sulfide) groups is 1. The van der Waals surface area contributed by atoms with Crippen molar-refractivity contribution in [1.82, 2.24) is 0 Å². The smallest absolute Gasteiger partial charge is 0.159 e. The minimum Gasteiger partial charge on any atom is -0.378 e. The second-order valence-corrected chi connectivity index (χ2v) is 6.17. The molecule has 0 fully saturated rings. The maximum absolute atomic E-state index is 13.1. The van der Waals surface area contributed by atoms with Crippen molar-refractivity contribution < 1.29 is 4.39 Å². The molecule has 0 aliphatic heterocycles. The first kappa shape index (κ1) is 15.9. The Balaban J connectivity index is 2.07. The van der Waals surface area contributed by atoms with E-state index in [9.17, 15) is 4.39 Å². The van der Waals surface area contributed by atoms with Crippen LogP contribution < -0.4 is 5.73 Å². The summed E-state index contributed by atoms with van der Waals surface area (Å²) in [5, 5.41) is 0.474. The number of aryl methyl sites for hydroxylation is 2. The lowest BCUT2D eigenvalue weighted by molar-refractivity contribution is 0.628. The molecule has 0 unspecified atom stereocenters. The van der Waals surface area contributed by atoms with Crippen molar-refractivity contribution >= 4 is 34.2 Å². The molecule has 2 aromatic carbocycles. The van der Waals surface area contributed by atoms with E-state index in [4.69, 9.17) is 17.3 Å². The van der Waals surface area contributed by atoms with E-state index in [-0.39, 0.29) is 5.02 Å². The minimum absolute atomic E-state index is 0.0450. The van der Waals surface area contributed by atoms with Gasteiger partial charge in [-0.1, -0.05) is 47.1 Å². The molecule has 2 nitrogen and oxygen atoms in total. The Morgan fingerprint density at radius 1 is 1.24 bits per heavy atom. The molecule has 0 saturated heterocycles. The van der Waals surface area contributed by atoms with Gasteiger partial charge in [0.15, 0.2) is 5.17 Å². The zero-order chi connectivity index (χ0) is 15.4. The van der Waals surface area contributed by atoms with Gasteiger partial charge in [-0.3, -0.25) is 0 Å². The number of nitrogens with two attached hydrogens (primary N) is 1. The van der Waals surface area contributed by atoms with Crippen LogP contribution in [0.25, 0.3) is 0 Å². The molecular formula is C16H16ClFN2S. The molecule has 21 heavy (non-hydrogen) atoms. The number of aliphatic imine (C=N–C) groups is 1. The molecule has 0 heterocycles. The van der Waals surface area contributed by atoms with Crippen LogP contribution in [0.2, 0.25) is 5.02 Å². The third-order valence-electron chi connectivity index (χ3n) is 3.02. The van der Waals surface area contributed by atoms with E-state index < -0.39 is 5.82 Å². The van der Waals surface area contributed by atoms with Gasteiger partial charge in [0.1, 0.15) is 5.82 Å². The van der Waals surface area contributed by atoms with Gasteiger partial charge in [-0.25, -0.2) is 9.38 Å². The Kier molecular flexibility index (Phi) is 5.26. The third kappa shape index (κ3) is 4.48. The Morgan fingerprint density at radius 2 is 2.00 bits per heavy atom. The number of hydrogen-bond acceptors (Lipinski definition) is 2. The zero-order valence-corrected chi connectivity index (χ0v) is 13.4. The maximum atomic E-state index is 13.1. The molecule has 0 saturated carbocycles. The van der Waals surface area contributed by atoms with Gasteiger partial charge in [0, 0.05) is 5.75 Å². The van der Waals surface area contributed by atoms with E-state index in [1.165, 1.54) is 40.6 Å².